The van der Waals surface area contributed by atoms with Crippen LogP contribution in [0.15, 0.2) is 30.6 Å². The van der Waals surface area contributed by atoms with Gasteiger partial charge in [-0.3, -0.25) is 0 Å². The fraction of sp³-hybridized carbons (Fsp3) is 0.357. The second kappa shape index (κ2) is 3.59. The van der Waals surface area contributed by atoms with Crippen molar-refractivity contribution < 1.29 is 4.74 Å². The van der Waals surface area contributed by atoms with E-state index >= 15 is 0 Å². The van der Waals surface area contributed by atoms with Crippen LogP contribution in [0.2, 0.25) is 0 Å². The molecular formula is C14H15N3O. The number of para-hydroxylation sites is 1. The highest BCUT2D eigenvalue weighted by molar-refractivity contribution is 5.72. The van der Waals surface area contributed by atoms with E-state index in [0.717, 1.165) is 48.6 Å². The van der Waals surface area contributed by atoms with Crippen LogP contribution in [0.3, 0.4) is 0 Å². The number of imidazole rings is 1. The fourth-order valence-electron chi connectivity index (χ4n) is 3.04. The predicted molar refractivity (Wildman–Crippen MR) is 68.4 cm³/mol. The molecule has 92 valence electrons. The summed E-state index contributed by atoms with van der Waals surface area (Å²) in [5.41, 5.74) is 3.07. The molecule has 0 radical (unpaired) electrons. The Morgan fingerprint density at radius 1 is 1.17 bits per heavy atom. The molecule has 3 heterocycles. The molecule has 1 aromatic heterocycles. The molecule has 0 atom stereocenters. The lowest BCUT2D eigenvalue weighted by Crippen LogP contribution is -2.45. The molecule has 0 saturated carbocycles. The Hall–Kier alpha value is -1.81. The average Bonchev–Trinajstić information content (AvgIpc) is 2.90. The van der Waals surface area contributed by atoms with Gasteiger partial charge in [-0.25, -0.2) is 4.98 Å². The molecule has 0 unspecified atom stereocenters. The summed E-state index contributed by atoms with van der Waals surface area (Å²) in [6.45, 7) is 1.96. The van der Waals surface area contributed by atoms with Crippen LogP contribution in [0, 0.1) is 0 Å². The smallest absolute Gasteiger partial charge is 0.155 e. The first kappa shape index (κ1) is 10.1. The van der Waals surface area contributed by atoms with E-state index in [9.17, 15) is 0 Å². The van der Waals surface area contributed by atoms with E-state index in [1.165, 1.54) is 0 Å². The fourth-order valence-corrected chi connectivity index (χ4v) is 3.04. The van der Waals surface area contributed by atoms with Crippen molar-refractivity contribution in [3.63, 3.8) is 0 Å². The molecule has 0 bridgehead atoms. The number of aromatic amines is 1. The zero-order valence-electron chi connectivity index (χ0n) is 10.1. The molecule has 4 nitrogen and oxygen atoms in total. The van der Waals surface area contributed by atoms with Crippen molar-refractivity contribution in [2.75, 3.05) is 13.1 Å². The molecule has 0 aliphatic carbocycles. The normalized spacial score (nSPS) is 20.0. The summed E-state index contributed by atoms with van der Waals surface area (Å²) in [6.07, 6.45) is 3.72. The average molecular weight is 241 g/mol. The van der Waals surface area contributed by atoms with Crippen LogP contribution in [0.25, 0.3) is 11.3 Å². The van der Waals surface area contributed by atoms with E-state index in [4.69, 9.17) is 4.74 Å². The Labute approximate surface area is 105 Å². The molecular weight excluding hydrogens is 226 g/mol. The summed E-state index contributed by atoms with van der Waals surface area (Å²) >= 11 is 0. The van der Waals surface area contributed by atoms with Gasteiger partial charge in [-0.15, -0.1) is 0 Å². The quantitative estimate of drug-likeness (QED) is 0.742. The first-order valence-electron chi connectivity index (χ1n) is 6.42. The molecule has 2 N–H and O–H groups in total. The minimum atomic E-state index is -0.241. The number of nitrogens with one attached hydrogen (secondary N) is 2. The van der Waals surface area contributed by atoms with Gasteiger partial charge in [0, 0.05) is 18.4 Å². The Morgan fingerprint density at radius 2 is 2.00 bits per heavy atom. The van der Waals surface area contributed by atoms with Gasteiger partial charge in [-0.2, -0.15) is 0 Å². The highest BCUT2D eigenvalue weighted by Crippen LogP contribution is 2.46. The lowest BCUT2D eigenvalue weighted by Gasteiger charge is -2.40. The van der Waals surface area contributed by atoms with Gasteiger partial charge in [0.05, 0.1) is 12.0 Å². The maximum atomic E-state index is 6.32. The number of H-pyrrole nitrogens is 1. The first-order chi connectivity index (χ1) is 8.89. The maximum Gasteiger partial charge on any atom is 0.155 e. The van der Waals surface area contributed by atoms with Crippen molar-refractivity contribution in [3.8, 4) is 17.0 Å². The van der Waals surface area contributed by atoms with Gasteiger partial charge in [0.2, 0.25) is 0 Å². The van der Waals surface area contributed by atoms with E-state index in [1.54, 1.807) is 6.33 Å². The SMILES string of the molecule is c1ccc2c(c1)OC1(CCNCC1)c1nc[nH]c1-2. The van der Waals surface area contributed by atoms with Gasteiger partial charge in [-0.1, -0.05) is 12.1 Å². The Balaban J connectivity index is 1.92. The molecule has 4 heteroatoms. The van der Waals surface area contributed by atoms with Gasteiger partial charge in [-0.05, 0) is 25.2 Å². The number of rotatable bonds is 0. The number of benzene rings is 1. The van der Waals surface area contributed by atoms with Gasteiger partial charge < -0.3 is 15.0 Å². The lowest BCUT2D eigenvalue weighted by molar-refractivity contribution is 0.0269. The minimum absolute atomic E-state index is 0.241. The second-order valence-corrected chi connectivity index (χ2v) is 4.97. The molecule has 18 heavy (non-hydrogen) atoms. The van der Waals surface area contributed by atoms with Crippen LogP contribution < -0.4 is 10.1 Å². The van der Waals surface area contributed by atoms with E-state index in [-0.39, 0.29) is 5.60 Å². The largest absolute Gasteiger partial charge is 0.480 e. The number of piperidine rings is 1. The first-order valence-corrected chi connectivity index (χ1v) is 6.42. The lowest BCUT2D eigenvalue weighted by atomic mass is 9.84. The number of nitrogens with zero attached hydrogens (tertiary/aromatic N) is 1. The van der Waals surface area contributed by atoms with Crippen LogP contribution in [0.1, 0.15) is 18.5 Å². The van der Waals surface area contributed by atoms with Crippen molar-refractivity contribution in [3.05, 3.63) is 36.3 Å². The molecule has 2 aromatic rings. The summed E-state index contributed by atoms with van der Waals surface area (Å²) in [6, 6.07) is 8.19. The Morgan fingerprint density at radius 3 is 2.89 bits per heavy atom. The third kappa shape index (κ3) is 1.26. The van der Waals surface area contributed by atoms with Crippen LogP contribution >= 0.6 is 0 Å². The summed E-state index contributed by atoms with van der Waals surface area (Å²) < 4.78 is 6.32. The summed E-state index contributed by atoms with van der Waals surface area (Å²) in [7, 11) is 0. The number of ether oxygens (including phenoxy) is 1. The molecule has 1 spiro atoms. The molecule has 2 aliphatic rings. The highest BCUT2D eigenvalue weighted by Gasteiger charge is 2.43. The zero-order chi connectivity index (χ0) is 12.0. The molecule has 2 aliphatic heterocycles. The van der Waals surface area contributed by atoms with Crippen molar-refractivity contribution in [2.24, 2.45) is 0 Å². The van der Waals surface area contributed by atoms with E-state index in [0.29, 0.717) is 0 Å². The standard InChI is InChI=1S/C14H15N3O/c1-2-4-11-10(3-1)12-13(17-9-16-12)14(18-11)5-7-15-8-6-14/h1-4,9,15H,5-8H2,(H,16,17). The van der Waals surface area contributed by atoms with E-state index in [2.05, 4.69) is 21.4 Å². The molecule has 4 rings (SSSR count). The summed E-state index contributed by atoms with van der Waals surface area (Å²) in [5, 5.41) is 3.39. The monoisotopic (exact) mass is 241 g/mol. The van der Waals surface area contributed by atoms with Crippen molar-refractivity contribution in [1.29, 1.82) is 0 Å². The van der Waals surface area contributed by atoms with Crippen LogP contribution in [-0.2, 0) is 5.60 Å². The Bertz CT molecular complexity index is 584. The number of hydrogen-bond acceptors (Lipinski definition) is 3. The van der Waals surface area contributed by atoms with Crippen LogP contribution in [0.4, 0.5) is 0 Å². The molecule has 1 saturated heterocycles. The third-order valence-corrected chi connectivity index (χ3v) is 3.94. The van der Waals surface area contributed by atoms with Crippen molar-refractivity contribution >= 4 is 0 Å². The highest BCUT2D eigenvalue weighted by atomic mass is 16.5. The topological polar surface area (TPSA) is 49.9 Å². The number of fused-ring (bicyclic) bond motifs is 4. The van der Waals surface area contributed by atoms with Gasteiger partial charge in [0.15, 0.2) is 5.60 Å². The minimum Gasteiger partial charge on any atom is -0.480 e. The van der Waals surface area contributed by atoms with Gasteiger partial charge >= 0.3 is 0 Å². The van der Waals surface area contributed by atoms with Crippen LogP contribution in [-0.4, -0.2) is 23.1 Å². The predicted octanol–water partition coefficient (Wildman–Crippen LogP) is 2.05. The maximum absolute atomic E-state index is 6.32. The Kier molecular flexibility index (Phi) is 2.02. The van der Waals surface area contributed by atoms with E-state index in [1.807, 2.05) is 18.2 Å². The molecule has 1 aromatic carbocycles. The van der Waals surface area contributed by atoms with Gasteiger partial charge in [0.1, 0.15) is 11.4 Å². The molecule has 0 amide bonds. The third-order valence-electron chi connectivity index (χ3n) is 3.94. The second-order valence-electron chi connectivity index (χ2n) is 4.97. The number of aromatic nitrogens is 2. The van der Waals surface area contributed by atoms with Gasteiger partial charge in [0.25, 0.3) is 0 Å². The zero-order valence-corrected chi connectivity index (χ0v) is 10.1. The molecule has 1 fully saturated rings. The van der Waals surface area contributed by atoms with Crippen LogP contribution in [0.5, 0.6) is 5.75 Å². The summed E-state index contributed by atoms with van der Waals surface area (Å²) in [5.74, 6) is 0.969. The van der Waals surface area contributed by atoms with Crippen molar-refractivity contribution in [2.45, 2.75) is 18.4 Å². The summed E-state index contributed by atoms with van der Waals surface area (Å²) in [4.78, 5) is 7.80. The van der Waals surface area contributed by atoms with Crippen molar-refractivity contribution in [1.82, 2.24) is 15.3 Å². The van der Waals surface area contributed by atoms with E-state index < -0.39 is 0 Å². The number of hydrogen-bond donors (Lipinski definition) is 2.